The van der Waals surface area contributed by atoms with Crippen LogP contribution in [0.3, 0.4) is 0 Å². The van der Waals surface area contributed by atoms with Crippen molar-refractivity contribution < 1.29 is 14.3 Å². The van der Waals surface area contributed by atoms with E-state index in [0.29, 0.717) is 19.5 Å². The Morgan fingerprint density at radius 2 is 2.24 bits per heavy atom. The van der Waals surface area contributed by atoms with Gasteiger partial charge < -0.3 is 15.0 Å². The highest BCUT2D eigenvalue weighted by molar-refractivity contribution is 5.84. The van der Waals surface area contributed by atoms with Crippen LogP contribution in [0.25, 0.3) is 0 Å². The van der Waals surface area contributed by atoms with Gasteiger partial charge in [0.05, 0.1) is 18.6 Å². The molecule has 17 heavy (non-hydrogen) atoms. The summed E-state index contributed by atoms with van der Waals surface area (Å²) in [5.41, 5.74) is -0.525. The molecule has 2 heterocycles. The minimum Gasteiger partial charge on any atom is -0.469 e. The van der Waals surface area contributed by atoms with Crippen LogP contribution in [0.4, 0.5) is 0 Å². The van der Waals surface area contributed by atoms with Crippen LogP contribution < -0.4 is 5.32 Å². The lowest BCUT2D eigenvalue weighted by Gasteiger charge is -2.23. The lowest BCUT2D eigenvalue weighted by Crippen LogP contribution is -2.44. The van der Waals surface area contributed by atoms with Gasteiger partial charge in [-0.25, -0.2) is 0 Å². The molecule has 2 saturated heterocycles. The first-order valence-corrected chi connectivity index (χ1v) is 6.17. The third-order valence-electron chi connectivity index (χ3n) is 3.82. The summed E-state index contributed by atoms with van der Waals surface area (Å²) < 4.78 is 4.80. The van der Waals surface area contributed by atoms with Crippen molar-refractivity contribution in [2.24, 2.45) is 5.41 Å². The number of esters is 1. The Balaban J connectivity index is 1.97. The van der Waals surface area contributed by atoms with Crippen LogP contribution >= 0.6 is 0 Å². The molecule has 0 bridgehead atoms. The molecular weight excluding hydrogens is 220 g/mol. The first-order chi connectivity index (χ1) is 8.07. The lowest BCUT2D eigenvalue weighted by molar-refractivity contribution is -0.151. The van der Waals surface area contributed by atoms with E-state index in [9.17, 15) is 9.59 Å². The SMILES string of the molecule is COC(=O)C1(C)CCN(C(=O)C2CCCN2)C1. The van der Waals surface area contributed by atoms with E-state index in [-0.39, 0.29) is 17.9 Å². The zero-order valence-corrected chi connectivity index (χ0v) is 10.5. The van der Waals surface area contributed by atoms with E-state index in [1.165, 1.54) is 7.11 Å². The summed E-state index contributed by atoms with van der Waals surface area (Å²) in [5, 5.41) is 3.20. The molecule has 5 heteroatoms. The molecule has 0 radical (unpaired) electrons. The van der Waals surface area contributed by atoms with Crippen LogP contribution in [-0.2, 0) is 14.3 Å². The van der Waals surface area contributed by atoms with Crippen LogP contribution in [0.1, 0.15) is 26.2 Å². The highest BCUT2D eigenvalue weighted by atomic mass is 16.5. The monoisotopic (exact) mass is 240 g/mol. The second-order valence-corrected chi connectivity index (χ2v) is 5.21. The van der Waals surface area contributed by atoms with Gasteiger partial charge in [-0.2, -0.15) is 0 Å². The van der Waals surface area contributed by atoms with Gasteiger partial charge in [0.1, 0.15) is 0 Å². The number of carbonyl (C=O) groups is 2. The maximum atomic E-state index is 12.2. The second-order valence-electron chi connectivity index (χ2n) is 5.21. The zero-order chi connectivity index (χ0) is 12.5. The summed E-state index contributed by atoms with van der Waals surface area (Å²) in [6.07, 6.45) is 2.65. The number of nitrogens with zero attached hydrogens (tertiary/aromatic N) is 1. The lowest BCUT2D eigenvalue weighted by atomic mass is 9.90. The molecule has 2 unspecified atom stereocenters. The van der Waals surface area contributed by atoms with Crippen molar-refractivity contribution in [1.29, 1.82) is 0 Å². The summed E-state index contributed by atoms with van der Waals surface area (Å²) in [5.74, 6) is -0.0812. The van der Waals surface area contributed by atoms with Gasteiger partial charge in [-0.1, -0.05) is 0 Å². The van der Waals surface area contributed by atoms with Crippen LogP contribution in [0.5, 0.6) is 0 Å². The molecule has 0 aromatic carbocycles. The Morgan fingerprint density at radius 3 is 2.82 bits per heavy atom. The van der Waals surface area contributed by atoms with Crippen molar-refractivity contribution >= 4 is 11.9 Å². The molecule has 96 valence electrons. The number of nitrogens with one attached hydrogen (secondary N) is 1. The maximum absolute atomic E-state index is 12.2. The Kier molecular flexibility index (Phi) is 3.38. The van der Waals surface area contributed by atoms with E-state index in [1.54, 1.807) is 4.90 Å². The largest absolute Gasteiger partial charge is 0.469 e. The second kappa shape index (κ2) is 4.64. The van der Waals surface area contributed by atoms with Crippen molar-refractivity contribution in [2.75, 3.05) is 26.7 Å². The topological polar surface area (TPSA) is 58.6 Å². The summed E-state index contributed by atoms with van der Waals surface area (Å²) in [6, 6.07) is -0.0463. The van der Waals surface area contributed by atoms with Crippen LogP contribution in [-0.4, -0.2) is 49.6 Å². The third kappa shape index (κ3) is 2.29. The normalized spacial score (nSPS) is 32.8. The smallest absolute Gasteiger partial charge is 0.313 e. The first-order valence-electron chi connectivity index (χ1n) is 6.17. The molecule has 0 spiro atoms. The molecule has 2 aliphatic rings. The van der Waals surface area contributed by atoms with E-state index in [4.69, 9.17) is 4.74 Å². The highest BCUT2D eigenvalue weighted by Gasteiger charge is 2.44. The molecule has 0 aromatic heterocycles. The average molecular weight is 240 g/mol. The highest BCUT2D eigenvalue weighted by Crippen LogP contribution is 2.31. The number of amides is 1. The standard InChI is InChI=1S/C12H20N2O3/c1-12(11(16)17-2)5-7-14(8-12)10(15)9-4-3-6-13-9/h9,13H,3-8H2,1-2H3. The molecule has 1 amide bonds. The number of ether oxygens (including phenoxy) is 1. The minimum absolute atomic E-state index is 0.0463. The zero-order valence-electron chi connectivity index (χ0n) is 10.5. The summed E-state index contributed by atoms with van der Waals surface area (Å²) >= 11 is 0. The fraction of sp³-hybridized carbons (Fsp3) is 0.833. The van der Waals surface area contributed by atoms with Gasteiger partial charge in [0.2, 0.25) is 5.91 Å². The van der Waals surface area contributed by atoms with Gasteiger partial charge in [-0.15, -0.1) is 0 Å². The summed E-state index contributed by atoms with van der Waals surface area (Å²) in [6.45, 7) is 3.92. The summed E-state index contributed by atoms with van der Waals surface area (Å²) in [4.78, 5) is 25.6. The van der Waals surface area contributed by atoms with Crippen LogP contribution in [0.15, 0.2) is 0 Å². The number of hydrogen-bond donors (Lipinski definition) is 1. The molecule has 1 N–H and O–H groups in total. The third-order valence-corrected chi connectivity index (χ3v) is 3.82. The molecule has 0 saturated carbocycles. The predicted molar refractivity (Wildman–Crippen MR) is 62.3 cm³/mol. The van der Waals surface area contributed by atoms with Gasteiger partial charge in [-0.05, 0) is 32.7 Å². The van der Waals surface area contributed by atoms with Crippen molar-refractivity contribution in [1.82, 2.24) is 10.2 Å². The number of rotatable bonds is 2. The van der Waals surface area contributed by atoms with Gasteiger partial charge in [-0.3, -0.25) is 9.59 Å². The molecule has 2 aliphatic heterocycles. The number of methoxy groups -OCH3 is 1. The van der Waals surface area contributed by atoms with Crippen molar-refractivity contribution in [3.05, 3.63) is 0 Å². The van der Waals surface area contributed by atoms with Crippen molar-refractivity contribution in [3.63, 3.8) is 0 Å². The first kappa shape index (κ1) is 12.4. The van der Waals surface area contributed by atoms with Gasteiger partial charge >= 0.3 is 5.97 Å². The van der Waals surface area contributed by atoms with Gasteiger partial charge in [0.15, 0.2) is 0 Å². The van der Waals surface area contributed by atoms with E-state index in [1.807, 2.05) is 6.92 Å². The molecule has 2 rings (SSSR count). The Bertz CT molecular complexity index is 326. The van der Waals surface area contributed by atoms with E-state index in [0.717, 1.165) is 19.4 Å². The van der Waals surface area contributed by atoms with E-state index in [2.05, 4.69) is 5.32 Å². The quantitative estimate of drug-likeness (QED) is 0.698. The molecular formula is C12H20N2O3. The molecule has 0 aliphatic carbocycles. The van der Waals surface area contributed by atoms with E-state index >= 15 is 0 Å². The Labute approximate surface area is 101 Å². The number of likely N-dealkylation sites (tertiary alicyclic amines) is 1. The van der Waals surface area contributed by atoms with Gasteiger partial charge in [0, 0.05) is 13.1 Å². The number of hydrogen-bond acceptors (Lipinski definition) is 4. The average Bonchev–Trinajstić information content (AvgIpc) is 2.96. The van der Waals surface area contributed by atoms with Crippen LogP contribution in [0, 0.1) is 5.41 Å². The summed E-state index contributed by atoms with van der Waals surface area (Å²) in [7, 11) is 1.40. The molecule has 5 nitrogen and oxygen atoms in total. The molecule has 2 fully saturated rings. The fourth-order valence-electron chi connectivity index (χ4n) is 2.68. The fourth-order valence-corrected chi connectivity index (χ4v) is 2.68. The minimum atomic E-state index is -0.525. The Hall–Kier alpha value is -1.10. The Morgan fingerprint density at radius 1 is 1.47 bits per heavy atom. The molecule has 0 aromatic rings. The molecule has 2 atom stereocenters. The van der Waals surface area contributed by atoms with Gasteiger partial charge in [0.25, 0.3) is 0 Å². The predicted octanol–water partition coefficient (Wildman–Crippen LogP) is 0.150. The van der Waals surface area contributed by atoms with Crippen molar-refractivity contribution in [3.8, 4) is 0 Å². The number of carbonyl (C=O) groups excluding carboxylic acids is 2. The van der Waals surface area contributed by atoms with Crippen molar-refractivity contribution in [2.45, 2.75) is 32.2 Å². The maximum Gasteiger partial charge on any atom is 0.313 e. The van der Waals surface area contributed by atoms with Crippen LogP contribution in [0.2, 0.25) is 0 Å². The van der Waals surface area contributed by atoms with E-state index < -0.39 is 5.41 Å².